The van der Waals surface area contributed by atoms with E-state index in [0.29, 0.717) is 11.6 Å². The van der Waals surface area contributed by atoms with Gasteiger partial charge >= 0.3 is 5.97 Å². The highest BCUT2D eigenvalue weighted by Gasteiger charge is 2.16. The van der Waals surface area contributed by atoms with Crippen LogP contribution in [0.4, 0.5) is 0 Å². The maximum Gasteiger partial charge on any atom is 0.335 e. The van der Waals surface area contributed by atoms with E-state index >= 15 is 0 Å². The van der Waals surface area contributed by atoms with E-state index in [-0.39, 0.29) is 0 Å². The molecule has 1 aliphatic rings. The quantitative estimate of drug-likeness (QED) is 0.221. The smallest absolute Gasteiger partial charge is 0.335 e. The lowest BCUT2D eigenvalue weighted by atomic mass is 9.99. The number of nitrogens with zero attached hydrogens (tertiary/aromatic N) is 2. The van der Waals surface area contributed by atoms with Crippen molar-refractivity contribution in [3.05, 3.63) is 35.9 Å². The average molecular weight is 464 g/mol. The van der Waals surface area contributed by atoms with Crippen molar-refractivity contribution in [3.63, 3.8) is 0 Å². The molecule has 0 aromatic heterocycles. The number of carbonyl (C=O) groups is 2. The molecule has 6 nitrogen and oxygen atoms in total. The molecule has 6 heteroatoms. The molecule has 1 fully saturated rings. The lowest BCUT2D eigenvalue weighted by Crippen LogP contribution is -2.36. The van der Waals surface area contributed by atoms with Crippen LogP contribution < -0.4 is 5.32 Å². The maximum atomic E-state index is 10.2. The highest BCUT2D eigenvalue weighted by Crippen LogP contribution is 2.16. The van der Waals surface area contributed by atoms with Crippen molar-refractivity contribution in [2.45, 2.75) is 87.1 Å². The third-order valence-electron chi connectivity index (χ3n) is 4.89. The number of amidine groups is 1. The minimum absolute atomic E-state index is 0.331. The number of amides is 1. The van der Waals surface area contributed by atoms with Crippen molar-refractivity contribution in [1.29, 1.82) is 0 Å². The number of aliphatic imine (C=N–C) groups is 1. The summed E-state index contributed by atoms with van der Waals surface area (Å²) < 4.78 is 0. The van der Waals surface area contributed by atoms with Crippen LogP contribution in [0.5, 0.6) is 0 Å². The fourth-order valence-corrected chi connectivity index (χ4v) is 3.04. The number of nitrogens with one attached hydrogen (secondary N) is 1. The van der Waals surface area contributed by atoms with Gasteiger partial charge in [-0.05, 0) is 70.4 Å². The molecule has 1 saturated heterocycles. The molecule has 0 spiro atoms. The molecular formula is C27H49N3O3. The number of likely N-dealkylation sites (tertiary alicyclic amines) is 1. The lowest BCUT2D eigenvalue weighted by molar-refractivity contribution is -0.109. The van der Waals surface area contributed by atoms with Gasteiger partial charge in [0.05, 0.1) is 11.4 Å². The molecule has 0 bridgehead atoms. The third-order valence-corrected chi connectivity index (χ3v) is 4.89. The van der Waals surface area contributed by atoms with Crippen molar-refractivity contribution in [3.8, 4) is 0 Å². The van der Waals surface area contributed by atoms with Crippen molar-refractivity contribution in [1.82, 2.24) is 10.2 Å². The van der Waals surface area contributed by atoms with E-state index in [1.165, 1.54) is 38.2 Å². The van der Waals surface area contributed by atoms with E-state index in [4.69, 9.17) is 5.11 Å². The fraction of sp³-hybridized carbons (Fsp3) is 0.667. The Morgan fingerprint density at radius 2 is 1.70 bits per heavy atom. The van der Waals surface area contributed by atoms with E-state index in [9.17, 15) is 9.59 Å². The molecule has 1 aromatic carbocycles. The molecule has 0 saturated carbocycles. The van der Waals surface area contributed by atoms with Crippen molar-refractivity contribution in [2.75, 3.05) is 19.6 Å². The van der Waals surface area contributed by atoms with Crippen molar-refractivity contribution in [2.24, 2.45) is 16.8 Å². The molecule has 2 rings (SSSR count). The van der Waals surface area contributed by atoms with Crippen LogP contribution in [-0.2, 0) is 4.79 Å². The summed E-state index contributed by atoms with van der Waals surface area (Å²) in [5, 5.41) is 11.0. The van der Waals surface area contributed by atoms with Crippen LogP contribution in [0.1, 0.15) is 91.4 Å². The second kappa shape index (κ2) is 21.5. The number of piperidine rings is 1. The molecular weight excluding hydrogens is 414 g/mol. The lowest BCUT2D eigenvalue weighted by Gasteiger charge is -2.32. The Bertz CT molecular complexity index is 623. The second-order valence-electron chi connectivity index (χ2n) is 8.72. The first-order valence-corrected chi connectivity index (χ1v) is 12.4. The number of benzene rings is 1. The van der Waals surface area contributed by atoms with Crippen molar-refractivity contribution >= 4 is 18.2 Å². The largest absolute Gasteiger partial charge is 0.478 e. The normalized spacial score (nSPS) is 13.6. The number of hydrogen-bond acceptors (Lipinski definition) is 3. The number of aromatic carboxylic acids is 1. The van der Waals surface area contributed by atoms with Crippen molar-refractivity contribution < 1.29 is 14.7 Å². The molecule has 1 aliphatic heterocycles. The van der Waals surface area contributed by atoms with Crippen LogP contribution in [0.3, 0.4) is 0 Å². The summed E-state index contributed by atoms with van der Waals surface area (Å²) in [6.07, 6.45) is 5.69. The number of hydrogen-bond donors (Lipinski definition) is 2. The molecule has 33 heavy (non-hydrogen) atoms. The van der Waals surface area contributed by atoms with Crippen LogP contribution in [0.25, 0.3) is 0 Å². The van der Waals surface area contributed by atoms with Gasteiger partial charge in [-0.1, -0.05) is 52.8 Å². The molecule has 190 valence electrons. The van der Waals surface area contributed by atoms with Gasteiger partial charge in [-0.25, -0.2) is 4.79 Å². The Morgan fingerprint density at radius 1 is 1.15 bits per heavy atom. The van der Waals surface area contributed by atoms with Crippen LogP contribution in [0.2, 0.25) is 0 Å². The summed E-state index contributed by atoms with van der Waals surface area (Å²) in [4.78, 5) is 26.9. The van der Waals surface area contributed by atoms with Gasteiger partial charge in [0.15, 0.2) is 0 Å². The number of rotatable bonds is 7. The summed E-state index contributed by atoms with van der Waals surface area (Å²) in [5.41, 5.74) is 0.331. The van der Waals surface area contributed by atoms with E-state index in [2.05, 4.69) is 56.8 Å². The standard InChI is InChI=1S/C11H22N2.C7H15NO.C7H6O2.C2H6/c1-9(2)12-11(4)13-7-5-10(3)6-8-13;1-7(2)4-3-5-8-6-9;8-7(9)6-4-2-1-3-5-6;1-2/h9-10H,5-8H2,1-4H3;6-7H,3-5H2,1-2H3,(H,8,9);1-5H,(H,8,9);1-2H3. The molecule has 1 heterocycles. The Hall–Kier alpha value is -2.37. The summed E-state index contributed by atoms with van der Waals surface area (Å²) >= 11 is 0. The van der Waals surface area contributed by atoms with Gasteiger partial charge in [0.1, 0.15) is 0 Å². The van der Waals surface area contributed by atoms with Gasteiger partial charge in [-0.2, -0.15) is 0 Å². The van der Waals surface area contributed by atoms with E-state index in [1.54, 1.807) is 30.3 Å². The summed E-state index contributed by atoms with van der Waals surface area (Å²) in [6.45, 7) is 20.3. The fourth-order valence-electron chi connectivity index (χ4n) is 3.04. The van der Waals surface area contributed by atoms with Crippen LogP contribution in [0.15, 0.2) is 35.3 Å². The minimum Gasteiger partial charge on any atom is -0.478 e. The Kier molecular flexibility index (Phi) is 21.3. The van der Waals surface area contributed by atoms with Gasteiger partial charge in [-0.15, -0.1) is 0 Å². The summed E-state index contributed by atoms with van der Waals surface area (Å²) in [7, 11) is 0. The number of carbonyl (C=O) groups excluding carboxylic acids is 1. The predicted octanol–water partition coefficient (Wildman–Crippen LogP) is 6.12. The van der Waals surface area contributed by atoms with Gasteiger partial charge < -0.3 is 15.3 Å². The molecule has 0 radical (unpaired) electrons. The van der Waals surface area contributed by atoms with Crippen LogP contribution >= 0.6 is 0 Å². The Labute approximate surface area is 202 Å². The first kappa shape index (κ1) is 32.8. The number of carboxylic acid groups (broad SMARTS) is 1. The van der Waals surface area contributed by atoms with E-state index in [1.807, 2.05) is 13.8 Å². The van der Waals surface area contributed by atoms with Gasteiger partial charge in [0.25, 0.3) is 0 Å². The van der Waals surface area contributed by atoms with Crippen LogP contribution in [-0.4, -0.2) is 53.9 Å². The van der Waals surface area contributed by atoms with Gasteiger partial charge in [-0.3, -0.25) is 9.79 Å². The number of carboxylic acids is 1. The highest BCUT2D eigenvalue weighted by atomic mass is 16.4. The zero-order chi connectivity index (χ0) is 25.6. The third kappa shape index (κ3) is 20.0. The second-order valence-corrected chi connectivity index (χ2v) is 8.72. The first-order chi connectivity index (χ1) is 15.7. The molecule has 1 aromatic rings. The Morgan fingerprint density at radius 3 is 2.09 bits per heavy atom. The molecule has 0 unspecified atom stereocenters. The molecule has 0 aliphatic carbocycles. The van der Waals surface area contributed by atoms with E-state index in [0.717, 1.165) is 31.2 Å². The minimum atomic E-state index is -0.879. The zero-order valence-corrected chi connectivity index (χ0v) is 22.3. The van der Waals surface area contributed by atoms with Gasteiger partial charge in [0.2, 0.25) is 6.41 Å². The van der Waals surface area contributed by atoms with Gasteiger partial charge in [0, 0.05) is 25.7 Å². The van der Waals surface area contributed by atoms with Crippen LogP contribution in [0, 0.1) is 11.8 Å². The summed E-state index contributed by atoms with van der Waals surface area (Å²) in [5.74, 6) is 2.00. The predicted molar refractivity (Wildman–Crippen MR) is 141 cm³/mol. The molecule has 0 atom stereocenters. The maximum absolute atomic E-state index is 10.2. The zero-order valence-electron chi connectivity index (χ0n) is 22.3. The molecule has 2 N–H and O–H groups in total. The topological polar surface area (TPSA) is 82.0 Å². The monoisotopic (exact) mass is 463 g/mol. The first-order valence-electron chi connectivity index (χ1n) is 12.4. The molecule has 1 amide bonds. The average Bonchev–Trinajstić information content (AvgIpc) is 2.79. The van der Waals surface area contributed by atoms with E-state index < -0.39 is 5.97 Å². The highest BCUT2D eigenvalue weighted by molar-refractivity contribution is 5.87. The Balaban J connectivity index is 0. The summed E-state index contributed by atoms with van der Waals surface area (Å²) in [6, 6.07) is 8.73. The SMILES string of the molecule is CC.CC(=NC(C)C)N1CCC(C)CC1.CC(C)CCCNC=O.O=C(O)c1ccccc1.